The number of pyridine rings is 1. The number of rotatable bonds is 8. The number of methoxy groups -OCH3 is 1. The molecule has 1 aliphatic rings. The fourth-order valence-corrected chi connectivity index (χ4v) is 4.14. The zero-order valence-corrected chi connectivity index (χ0v) is 20.4. The van der Waals surface area contributed by atoms with Gasteiger partial charge in [0.15, 0.2) is 0 Å². The number of anilines is 4. The number of nitrogens with zero attached hydrogens (tertiary/aromatic N) is 5. The van der Waals surface area contributed by atoms with Gasteiger partial charge in [-0.1, -0.05) is 6.58 Å². The third-order valence-electron chi connectivity index (χ3n) is 6.29. The molecule has 1 aromatic carbocycles. The van der Waals surface area contributed by atoms with Crippen LogP contribution in [0.4, 0.5) is 23.0 Å². The van der Waals surface area contributed by atoms with Gasteiger partial charge in [-0.15, -0.1) is 0 Å². The van der Waals surface area contributed by atoms with E-state index in [9.17, 15) is 4.79 Å². The van der Waals surface area contributed by atoms with Gasteiger partial charge in [-0.3, -0.25) is 4.79 Å². The van der Waals surface area contributed by atoms with Crippen molar-refractivity contribution in [1.29, 1.82) is 0 Å². The smallest absolute Gasteiger partial charge is 0.247 e. The monoisotopic (exact) mass is 484 g/mol. The Balaban J connectivity index is 1.46. The van der Waals surface area contributed by atoms with Crippen molar-refractivity contribution in [1.82, 2.24) is 24.8 Å². The maximum absolute atomic E-state index is 12.2. The van der Waals surface area contributed by atoms with E-state index < -0.39 is 0 Å². The Kier molecular flexibility index (Phi) is 6.26. The van der Waals surface area contributed by atoms with Gasteiger partial charge in [0.1, 0.15) is 11.4 Å². The summed E-state index contributed by atoms with van der Waals surface area (Å²) in [5.74, 6) is 0.715. The predicted molar refractivity (Wildman–Crippen MR) is 142 cm³/mol. The van der Waals surface area contributed by atoms with Gasteiger partial charge in [-0.25, -0.2) is 15.0 Å². The normalized spacial score (nSPS) is 13.5. The lowest BCUT2D eigenvalue weighted by atomic mass is 10.0. The Bertz CT molecular complexity index is 1420. The molecule has 0 radical (unpaired) electrons. The molecule has 1 fully saturated rings. The predicted octanol–water partition coefficient (Wildman–Crippen LogP) is 3.65. The van der Waals surface area contributed by atoms with E-state index in [1.54, 1.807) is 19.5 Å². The van der Waals surface area contributed by atoms with Crippen LogP contribution < -0.4 is 20.3 Å². The molecule has 10 nitrogen and oxygen atoms in total. The molecule has 0 bridgehead atoms. The molecule has 4 aromatic rings. The minimum absolute atomic E-state index is 0.289. The third kappa shape index (κ3) is 4.58. The molecule has 3 aromatic heterocycles. The second-order valence-electron chi connectivity index (χ2n) is 8.82. The summed E-state index contributed by atoms with van der Waals surface area (Å²) in [6.07, 6.45) is 6.57. The quantitative estimate of drug-likeness (QED) is 0.325. The third-order valence-corrected chi connectivity index (χ3v) is 6.29. The molecule has 10 heteroatoms. The van der Waals surface area contributed by atoms with E-state index >= 15 is 0 Å². The van der Waals surface area contributed by atoms with Gasteiger partial charge in [-0.05, 0) is 44.4 Å². The van der Waals surface area contributed by atoms with E-state index in [4.69, 9.17) is 4.74 Å². The number of amides is 1. The number of nitrogens with one attached hydrogen (secondary N) is 3. The second-order valence-corrected chi connectivity index (χ2v) is 8.82. The van der Waals surface area contributed by atoms with Crippen molar-refractivity contribution in [3.8, 4) is 17.0 Å². The highest BCUT2D eigenvalue weighted by Gasteiger charge is 2.31. The van der Waals surface area contributed by atoms with Crippen molar-refractivity contribution in [2.24, 2.45) is 0 Å². The molecule has 36 heavy (non-hydrogen) atoms. The maximum atomic E-state index is 12.2. The topological polar surface area (TPSA) is 111 Å². The number of ether oxygens (including phenoxy) is 1. The zero-order valence-electron chi connectivity index (χ0n) is 20.4. The van der Waals surface area contributed by atoms with Crippen molar-refractivity contribution < 1.29 is 9.53 Å². The van der Waals surface area contributed by atoms with Gasteiger partial charge in [0.05, 0.1) is 29.9 Å². The number of aromatic amines is 1. The van der Waals surface area contributed by atoms with E-state index in [0.29, 0.717) is 29.1 Å². The lowest BCUT2D eigenvalue weighted by Crippen LogP contribution is -2.57. The number of carbonyl (C=O) groups is 1. The van der Waals surface area contributed by atoms with Crippen LogP contribution in [-0.2, 0) is 4.79 Å². The summed E-state index contributed by atoms with van der Waals surface area (Å²) in [6.45, 7) is 5.28. The van der Waals surface area contributed by atoms with Gasteiger partial charge < -0.3 is 30.2 Å². The van der Waals surface area contributed by atoms with Crippen LogP contribution in [0.25, 0.3) is 22.3 Å². The number of aromatic nitrogens is 4. The van der Waals surface area contributed by atoms with Gasteiger partial charge in [0, 0.05) is 54.7 Å². The molecule has 184 valence electrons. The maximum Gasteiger partial charge on any atom is 0.247 e. The van der Waals surface area contributed by atoms with Crippen LogP contribution in [0.2, 0.25) is 0 Å². The molecule has 0 unspecified atom stereocenters. The molecule has 0 atom stereocenters. The Morgan fingerprint density at radius 3 is 2.81 bits per heavy atom. The van der Waals surface area contributed by atoms with Crippen molar-refractivity contribution >= 4 is 40.0 Å². The summed E-state index contributed by atoms with van der Waals surface area (Å²) in [4.78, 5) is 33.2. The number of H-pyrrole nitrogens is 1. The lowest BCUT2D eigenvalue weighted by molar-refractivity contribution is -0.111. The number of likely N-dealkylation sites (N-methyl/N-ethyl adjacent to an activating group) is 1. The first-order chi connectivity index (χ1) is 17.4. The molecule has 1 aliphatic heterocycles. The van der Waals surface area contributed by atoms with Crippen molar-refractivity contribution in [3.05, 3.63) is 61.6 Å². The summed E-state index contributed by atoms with van der Waals surface area (Å²) >= 11 is 0. The first-order valence-electron chi connectivity index (χ1n) is 11.6. The number of benzene rings is 1. The molecule has 4 heterocycles. The highest BCUT2D eigenvalue weighted by atomic mass is 16.5. The van der Waals surface area contributed by atoms with Crippen LogP contribution in [0, 0.1) is 0 Å². The van der Waals surface area contributed by atoms with Gasteiger partial charge in [0.25, 0.3) is 0 Å². The lowest BCUT2D eigenvalue weighted by Gasteiger charge is -2.45. The molecular weight excluding hydrogens is 456 g/mol. The van der Waals surface area contributed by atoms with Crippen molar-refractivity contribution in [3.63, 3.8) is 0 Å². The van der Waals surface area contributed by atoms with Crippen LogP contribution in [0.5, 0.6) is 5.75 Å². The van der Waals surface area contributed by atoms with Crippen LogP contribution in [0.3, 0.4) is 0 Å². The molecule has 1 amide bonds. The molecule has 0 saturated carbocycles. The molecule has 0 aliphatic carbocycles. The van der Waals surface area contributed by atoms with Gasteiger partial charge in [-0.2, -0.15) is 0 Å². The Morgan fingerprint density at radius 2 is 2.06 bits per heavy atom. The summed E-state index contributed by atoms with van der Waals surface area (Å²) in [5, 5.41) is 7.17. The summed E-state index contributed by atoms with van der Waals surface area (Å²) in [6, 6.07) is 10.0. The number of carbonyl (C=O) groups excluding carboxylic acids is 1. The van der Waals surface area contributed by atoms with Crippen molar-refractivity contribution in [2.75, 3.05) is 49.8 Å². The standard InChI is InChI=1S/C26H28N8O2/c1-5-24(35)30-20-11-21(23(36-4)12-22(20)34-14-18(15-34)33(2)3)32-26-28-9-7-19(31-26)17-10-16-6-8-27-25(16)29-13-17/h5-13,18H,1,14-15H2,2-4H3,(H,27,29)(H,30,35)(H,28,31,32). The van der Waals surface area contributed by atoms with Crippen LogP contribution in [-0.4, -0.2) is 71.1 Å². The number of fused-ring (bicyclic) bond motifs is 1. The Morgan fingerprint density at radius 1 is 1.22 bits per heavy atom. The summed E-state index contributed by atoms with van der Waals surface area (Å²) < 4.78 is 5.69. The fourth-order valence-electron chi connectivity index (χ4n) is 4.14. The molecule has 0 spiro atoms. The highest BCUT2D eigenvalue weighted by molar-refractivity contribution is 6.02. The van der Waals surface area contributed by atoms with Gasteiger partial charge in [0.2, 0.25) is 11.9 Å². The van der Waals surface area contributed by atoms with Crippen LogP contribution in [0.15, 0.2) is 61.6 Å². The van der Waals surface area contributed by atoms with E-state index in [2.05, 4.69) is 61.0 Å². The minimum atomic E-state index is -0.289. The average molecular weight is 485 g/mol. The first kappa shape index (κ1) is 23.3. The first-order valence-corrected chi connectivity index (χ1v) is 11.6. The Labute approximate surface area is 209 Å². The average Bonchev–Trinajstić information content (AvgIpc) is 3.32. The largest absolute Gasteiger partial charge is 0.494 e. The molecule has 1 saturated heterocycles. The van der Waals surface area contributed by atoms with Crippen molar-refractivity contribution in [2.45, 2.75) is 6.04 Å². The molecule has 5 rings (SSSR count). The second kappa shape index (κ2) is 9.67. The van der Waals surface area contributed by atoms with E-state index in [0.717, 1.165) is 41.1 Å². The van der Waals surface area contributed by atoms with E-state index in [-0.39, 0.29) is 5.91 Å². The van der Waals surface area contributed by atoms with E-state index in [1.807, 2.05) is 36.5 Å². The summed E-state index contributed by atoms with van der Waals surface area (Å²) in [5.41, 5.74) is 4.59. The summed E-state index contributed by atoms with van der Waals surface area (Å²) in [7, 11) is 5.74. The molecular formula is C26H28N8O2. The van der Waals surface area contributed by atoms with E-state index in [1.165, 1.54) is 6.08 Å². The van der Waals surface area contributed by atoms with Crippen LogP contribution in [0.1, 0.15) is 0 Å². The zero-order chi connectivity index (χ0) is 25.2. The number of hydrogen-bond donors (Lipinski definition) is 3. The fraction of sp³-hybridized carbons (Fsp3) is 0.231. The van der Waals surface area contributed by atoms with Gasteiger partial charge >= 0.3 is 0 Å². The highest BCUT2D eigenvalue weighted by Crippen LogP contribution is 2.40. The number of hydrogen-bond acceptors (Lipinski definition) is 8. The van der Waals surface area contributed by atoms with Crippen LogP contribution >= 0.6 is 0 Å². The SMILES string of the molecule is C=CC(=O)Nc1cc(Nc2nccc(-c3cnc4[nH]ccc4c3)n2)c(OC)cc1N1CC(N(C)C)C1. The Hall–Kier alpha value is -4.44. The minimum Gasteiger partial charge on any atom is -0.494 e. The molecule has 3 N–H and O–H groups in total.